The number of aromatic amines is 1. The Morgan fingerprint density at radius 1 is 0.944 bits per heavy atom. The highest BCUT2D eigenvalue weighted by atomic mass is 16.6. The van der Waals surface area contributed by atoms with Gasteiger partial charge in [0.25, 0.3) is 0 Å². The van der Waals surface area contributed by atoms with E-state index in [1.807, 2.05) is 54.6 Å². The lowest BCUT2D eigenvalue weighted by Crippen LogP contribution is -2.44. The number of hydrogen-bond donors (Lipinski definition) is 2. The van der Waals surface area contributed by atoms with Gasteiger partial charge in [0.1, 0.15) is 24.0 Å². The monoisotopic (exact) mass is 482 g/mol. The number of amides is 1. The number of fused-ring (bicyclic) bond motifs is 2. The number of H-pyrrole nitrogens is 1. The molecule has 5 rings (SSSR count). The van der Waals surface area contributed by atoms with Crippen LogP contribution in [0.25, 0.3) is 21.9 Å². The van der Waals surface area contributed by atoms with Crippen LogP contribution in [0, 0.1) is 0 Å². The van der Waals surface area contributed by atoms with Crippen LogP contribution in [-0.2, 0) is 22.6 Å². The first-order valence-electron chi connectivity index (χ1n) is 11.3. The fourth-order valence-electron chi connectivity index (χ4n) is 3.91. The Kier molecular flexibility index (Phi) is 6.48. The summed E-state index contributed by atoms with van der Waals surface area (Å²) in [6.45, 7) is 0.0607. The van der Waals surface area contributed by atoms with Crippen LogP contribution in [0.2, 0.25) is 0 Å². The van der Waals surface area contributed by atoms with Crippen molar-refractivity contribution in [3.8, 4) is 5.75 Å². The molecular weight excluding hydrogens is 460 g/mol. The molecule has 36 heavy (non-hydrogen) atoms. The second kappa shape index (κ2) is 10.2. The van der Waals surface area contributed by atoms with E-state index in [4.69, 9.17) is 13.9 Å². The Balaban J connectivity index is 1.35. The molecule has 0 aliphatic carbocycles. The van der Waals surface area contributed by atoms with Gasteiger partial charge < -0.3 is 24.2 Å². The van der Waals surface area contributed by atoms with Gasteiger partial charge in [-0.15, -0.1) is 0 Å². The van der Waals surface area contributed by atoms with Crippen LogP contribution in [0.5, 0.6) is 5.75 Å². The molecule has 0 saturated heterocycles. The third-order valence-electron chi connectivity index (χ3n) is 5.70. The van der Waals surface area contributed by atoms with E-state index in [0.29, 0.717) is 5.39 Å². The molecule has 2 aromatic heterocycles. The predicted octanol–water partition coefficient (Wildman–Crippen LogP) is 4.72. The zero-order valence-electron chi connectivity index (χ0n) is 19.1. The van der Waals surface area contributed by atoms with Crippen molar-refractivity contribution in [1.29, 1.82) is 0 Å². The first-order valence-corrected chi connectivity index (χ1v) is 11.3. The summed E-state index contributed by atoms with van der Waals surface area (Å²) in [7, 11) is 0. The number of esters is 1. The van der Waals surface area contributed by atoms with Gasteiger partial charge in [0.15, 0.2) is 0 Å². The van der Waals surface area contributed by atoms with Crippen molar-refractivity contribution in [2.75, 3.05) is 0 Å². The van der Waals surface area contributed by atoms with E-state index in [0.717, 1.165) is 22.0 Å². The molecule has 5 aromatic rings. The smallest absolute Gasteiger partial charge is 0.408 e. The number of carbonyl (C=O) groups excluding carboxylic acids is 2. The lowest BCUT2D eigenvalue weighted by Gasteiger charge is -2.17. The highest BCUT2D eigenvalue weighted by Crippen LogP contribution is 2.22. The zero-order chi connectivity index (χ0) is 24.9. The minimum Gasteiger partial charge on any atom is -0.445 e. The predicted molar refractivity (Wildman–Crippen MR) is 134 cm³/mol. The molecule has 2 N–H and O–H groups in total. The molecule has 8 nitrogen and oxygen atoms in total. The minimum atomic E-state index is -1.04. The van der Waals surface area contributed by atoms with E-state index in [9.17, 15) is 14.4 Å². The van der Waals surface area contributed by atoms with Gasteiger partial charge in [-0.25, -0.2) is 14.4 Å². The van der Waals surface area contributed by atoms with Crippen LogP contribution >= 0.6 is 0 Å². The molecule has 0 aliphatic heterocycles. The topological polar surface area (TPSA) is 111 Å². The highest BCUT2D eigenvalue weighted by Gasteiger charge is 2.25. The van der Waals surface area contributed by atoms with E-state index < -0.39 is 23.7 Å². The van der Waals surface area contributed by atoms with Gasteiger partial charge in [-0.1, -0.05) is 48.5 Å². The van der Waals surface area contributed by atoms with Crippen LogP contribution in [0.15, 0.2) is 100 Å². The van der Waals surface area contributed by atoms with Gasteiger partial charge in [0.05, 0.1) is 0 Å². The maximum absolute atomic E-state index is 13.2. The van der Waals surface area contributed by atoms with Crippen LogP contribution in [-0.4, -0.2) is 23.1 Å². The van der Waals surface area contributed by atoms with Crippen molar-refractivity contribution in [1.82, 2.24) is 10.3 Å². The average Bonchev–Trinajstić information content (AvgIpc) is 3.30. The molecule has 0 bridgehead atoms. The lowest BCUT2D eigenvalue weighted by atomic mass is 10.1. The molecule has 1 unspecified atom stereocenters. The Bertz CT molecular complexity index is 1590. The summed E-state index contributed by atoms with van der Waals surface area (Å²) >= 11 is 0. The number of hydrogen-bond acceptors (Lipinski definition) is 6. The van der Waals surface area contributed by atoms with Crippen molar-refractivity contribution >= 4 is 33.9 Å². The highest BCUT2D eigenvalue weighted by molar-refractivity contribution is 5.87. The number of aromatic nitrogens is 1. The van der Waals surface area contributed by atoms with Crippen molar-refractivity contribution < 1.29 is 23.5 Å². The Labute approximate surface area is 205 Å². The second-order valence-corrected chi connectivity index (χ2v) is 8.20. The summed E-state index contributed by atoms with van der Waals surface area (Å²) in [5.74, 6) is -0.500. The molecule has 0 spiro atoms. The van der Waals surface area contributed by atoms with Gasteiger partial charge in [-0.2, -0.15) is 0 Å². The normalized spacial score (nSPS) is 11.8. The van der Waals surface area contributed by atoms with E-state index in [1.54, 1.807) is 24.4 Å². The van der Waals surface area contributed by atoms with Crippen molar-refractivity contribution in [3.05, 3.63) is 113 Å². The van der Waals surface area contributed by atoms with E-state index in [1.165, 1.54) is 12.1 Å². The van der Waals surface area contributed by atoms with Gasteiger partial charge >= 0.3 is 17.7 Å². The van der Waals surface area contributed by atoms with Crippen LogP contribution in [0.3, 0.4) is 0 Å². The standard InChI is InChI=1S/C28H22N2O6/c31-26-13-11-19-10-12-21(15-25(19)36-26)35-27(32)24(14-20-16-29-23-9-5-4-8-22(20)23)30-28(33)34-17-18-6-2-1-3-7-18/h1-13,15-16,24,29H,14,17H2,(H,30,33). The summed E-state index contributed by atoms with van der Waals surface area (Å²) in [6.07, 6.45) is 1.23. The average molecular weight is 482 g/mol. The van der Waals surface area contributed by atoms with E-state index >= 15 is 0 Å². The summed E-state index contributed by atoms with van der Waals surface area (Å²) < 4.78 is 16.1. The summed E-state index contributed by atoms with van der Waals surface area (Å²) in [5, 5.41) is 4.25. The van der Waals surface area contributed by atoms with E-state index in [-0.39, 0.29) is 24.4 Å². The van der Waals surface area contributed by atoms with Crippen molar-refractivity contribution in [3.63, 3.8) is 0 Å². The van der Waals surface area contributed by atoms with Crippen molar-refractivity contribution in [2.45, 2.75) is 19.1 Å². The van der Waals surface area contributed by atoms with Gasteiger partial charge in [-0.05, 0) is 35.4 Å². The molecule has 1 atom stereocenters. The molecule has 0 saturated carbocycles. The summed E-state index contributed by atoms with van der Waals surface area (Å²) in [4.78, 5) is 40.5. The van der Waals surface area contributed by atoms with Crippen LogP contribution in [0.4, 0.5) is 4.79 Å². The fraction of sp³-hybridized carbons (Fsp3) is 0.107. The molecule has 8 heteroatoms. The zero-order valence-corrected chi connectivity index (χ0v) is 19.1. The maximum Gasteiger partial charge on any atom is 0.408 e. The quantitative estimate of drug-likeness (QED) is 0.197. The Hall–Kier alpha value is -4.85. The molecule has 1 amide bonds. The number of rotatable bonds is 7. The Morgan fingerprint density at radius 2 is 1.72 bits per heavy atom. The molecule has 180 valence electrons. The van der Waals surface area contributed by atoms with Crippen molar-refractivity contribution in [2.24, 2.45) is 0 Å². The first kappa shape index (κ1) is 22.9. The third kappa shape index (κ3) is 5.28. The molecular formula is C28H22N2O6. The first-order chi connectivity index (χ1) is 17.5. The fourth-order valence-corrected chi connectivity index (χ4v) is 3.91. The van der Waals surface area contributed by atoms with Crippen LogP contribution < -0.4 is 15.7 Å². The molecule has 3 aromatic carbocycles. The van der Waals surface area contributed by atoms with Gasteiger partial charge in [0, 0.05) is 41.0 Å². The molecule has 0 aliphatic rings. The Morgan fingerprint density at radius 3 is 2.58 bits per heavy atom. The van der Waals surface area contributed by atoms with Gasteiger partial charge in [0.2, 0.25) is 0 Å². The third-order valence-corrected chi connectivity index (χ3v) is 5.70. The number of para-hydroxylation sites is 1. The van der Waals surface area contributed by atoms with E-state index in [2.05, 4.69) is 10.3 Å². The molecule has 0 fully saturated rings. The molecule has 0 radical (unpaired) electrons. The number of carbonyl (C=O) groups is 2. The van der Waals surface area contributed by atoms with Gasteiger partial charge in [-0.3, -0.25) is 0 Å². The number of benzene rings is 3. The maximum atomic E-state index is 13.2. The second-order valence-electron chi connectivity index (χ2n) is 8.20. The molecule has 2 heterocycles. The lowest BCUT2D eigenvalue weighted by molar-refractivity contribution is -0.136. The largest absolute Gasteiger partial charge is 0.445 e. The van der Waals surface area contributed by atoms with Crippen LogP contribution in [0.1, 0.15) is 11.1 Å². The number of alkyl carbamates (subject to hydrolysis) is 1. The number of nitrogens with one attached hydrogen (secondary N) is 2. The summed E-state index contributed by atoms with van der Waals surface area (Å²) in [5.41, 5.74) is 2.35. The summed E-state index contributed by atoms with van der Waals surface area (Å²) in [6, 6.07) is 23.5. The SMILES string of the molecule is O=C(NC(Cc1c[nH]c2ccccc12)C(=O)Oc1ccc2ccc(=O)oc2c1)OCc1ccccc1. The minimum absolute atomic E-state index is 0.0607. The number of ether oxygens (including phenoxy) is 2.